The van der Waals surface area contributed by atoms with E-state index in [0.29, 0.717) is 19.3 Å². The Bertz CT molecular complexity index is 1840. The highest BCUT2D eigenvalue weighted by molar-refractivity contribution is 5.71. The topological polar surface area (TPSA) is 78.9 Å². The molecule has 1 unspecified atom stereocenters. The number of ether oxygens (including phenoxy) is 3. The highest BCUT2D eigenvalue weighted by Gasteiger charge is 2.19. The molecule has 0 radical (unpaired) electrons. The monoisotopic (exact) mass is 1140 g/mol. The summed E-state index contributed by atoms with van der Waals surface area (Å²) in [6.45, 7) is 6.22. The van der Waals surface area contributed by atoms with Crippen LogP contribution in [0.5, 0.6) is 0 Å². The van der Waals surface area contributed by atoms with E-state index >= 15 is 0 Å². The molecular formula is C77H124O6. The zero-order valence-electron chi connectivity index (χ0n) is 53.7. The summed E-state index contributed by atoms with van der Waals surface area (Å²) in [4.78, 5) is 38.3. The third kappa shape index (κ3) is 67.7. The molecule has 468 valence electrons. The molecule has 0 fully saturated rings. The smallest absolute Gasteiger partial charge is 0.306 e. The van der Waals surface area contributed by atoms with Gasteiger partial charge in [0.25, 0.3) is 0 Å². The fraction of sp³-hybridized carbons (Fsp3) is 0.623. The number of carbonyl (C=O) groups is 3. The summed E-state index contributed by atoms with van der Waals surface area (Å²) in [6, 6.07) is 0. The highest BCUT2D eigenvalue weighted by Crippen LogP contribution is 2.16. The van der Waals surface area contributed by atoms with Crippen molar-refractivity contribution >= 4 is 17.9 Å². The number of allylic oxidation sites excluding steroid dienone is 26. The van der Waals surface area contributed by atoms with E-state index in [2.05, 4.69) is 179 Å². The molecule has 0 amide bonds. The van der Waals surface area contributed by atoms with Crippen molar-refractivity contribution in [3.8, 4) is 0 Å². The summed E-state index contributed by atoms with van der Waals surface area (Å²) in [5.74, 6) is -1.02. The van der Waals surface area contributed by atoms with Gasteiger partial charge in [-0.15, -0.1) is 0 Å². The van der Waals surface area contributed by atoms with Gasteiger partial charge in [-0.1, -0.05) is 294 Å². The number of carbonyl (C=O) groups excluding carboxylic acids is 3. The van der Waals surface area contributed by atoms with Crippen molar-refractivity contribution < 1.29 is 28.6 Å². The van der Waals surface area contributed by atoms with E-state index in [1.165, 1.54) is 116 Å². The Kier molecular flexibility index (Phi) is 65.4. The molecular weight excluding hydrogens is 1020 g/mol. The molecule has 0 rings (SSSR count). The van der Waals surface area contributed by atoms with E-state index in [4.69, 9.17) is 14.2 Å². The average molecular weight is 1150 g/mol. The van der Waals surface area contributed by atoms with Crippen LogP contribution in [0.3, 0.4) is 0 Å². The maximum Gasteiger partial charge on any atom is 0.306 e. The second kappa shape index (κ2) is 69.5. The van der Waals surface area contributed by atoms with E-state index in [1.54, 1.807) is 0 Å². The van der Waals surface area contributed by atoms with Crippen LogP contribution in [0.2, 0.25) is 0 Å². The minimum atomic E-state index is -0.831. The third-order valence-corrected chi connectivity index (χ3v) is 14.0. The van der Waals surface area contributed by atoms with Crippen molar-refractivity contribution in [1.82, 2.24) is 0 Å². The lowest BCUT2D eigenvalue weighted by Gasteiger charge is -2.18. The maximum atomic E-state index is 12.9. The fourth-order valence-corrected chi connectivity index (χ4v) is 9.05. The first-order valence-corrected chi connectivity index (χ1v) is 34.0. The molecule has 0 spiro atoms. The van der Waals surface area contributed by atoms with Crippen LogP contribution < -0.4 is 0 Å². The second-order valence-corrected chi connectivity index (χ2v) is 21.9. The summed E-state index contributed by atoms with van der Waals surface area (Å²) < 4.78 is 16.8. The Hall–Kier alpha value is -4.97. The molecule has 0 aliphatic carbocycles. The molecule has 83 heavy (non-hydrogen) atoms. The van der Waals surface area contributed by atoms with E-state index in [9.17, 15) is 14.4 Å². The molecule has 0 heterocycles. The maximum absolute atomic E-state index is 12.9. The molecule has 0 saturated heterocycles. The second-order valence-electron chi connectivity index (χ2n) is 21.9. The molecule has 0 aliphatic rings. The Balaban J connectivity index is 4.28. The number of hydrogen-bond acceptors (Lipinski definition) is 6. The van der Waals surface area contributed by atoms with Crippen molar-refractivity contribution in [2.45, 2.75) is 297 Å². The molecule has 6 nitrogen and oxygen atoms in total. The van der Waals surface area contributed by atoms with Crippen LogP contribution >= 0.6 is 0 Å². The van der Waals surface area contributed by atoms with Crippen LogP contribution in [0, 0.1) is 0 Å². The largest absolute Gasteiger partial charge is 0.462 e. The van der Waals surface area contributed by atoms with E-state index < -0.39 is 6.10 Å². The van der Waals surface area contributed by atoms with Gasteiger partial charge in [-0.25, -0.2) is 0 Å². The molecule has 0 aromatic heterocycles. The predicted octanol–water partition coefficient (Wildman–Crippen LogP) is 23.7. The van der Waals surface area contributed by atoms with Crippen LogP contribution in [-0.2, 0) is 28.6 Å². The van der Waals surface area contributed by atoms with Gasteiger partial charge in [0.05, 0.1) is 0 Å². The van der Waals surface area contributed by atoms with Crippen molar-refractivity contribution in [2.75, 3.05) is 13.2 Å². The van der Waals surface area contributed by atoms with Gasteiger partial charge >= 0.3 is 17.9 Å². The normalized spacial score (nSPS) is 13.1. The van der Waals surface area contributed by atoms with Gasteiger partial charge in [0.15, 0.2) is 6.10 Å². The average Bonchev–Trinajstić information content (AvgIpc) is 3.49. The fourth-order valence-electron chi connectivity index (χ4n) is 9.05. The standard InChI is InChI=1S/C77H124O6/c1-4-7-10-13-16-19-22-25-28-30-31-32-33-34-35-36-37-38-39-40-41-42-43-44-45-47-49-52-55-58-61-64-67-70-76(79)82-73-74(72-81-75(78)69-66-63-60-57-54-51-48-27-24-21-18-15-12-9-6-3)83-77(80)71-68-65-62-59-56-53-50-46-29-26-23-20-17-14-11-8-5-2/h7-12,16-21,25-29,31-32,48,50,53-54,57,59,62,74H,4-6,13-15,22-24,30,33-47,49,51-52,55-56,58,60-61,63-73H2,1-3H3/b10-7-,11-8-,12-9-,19-16-,20-17-,21-18-,28-25-,29-26-,32-31-,48-27-,53-50-,57-54-,62-59-. The van der Waals surface area contributed by atoms with Gasteiger partial charge in [-0.05, 0) is 135 Å². The zero-order valence-corrected chi connectivity index (χ0v) is 53.7. The Morgan fingerprint density at radius 2 is 0.446 bits per heavy atom. The van der Waals surface area contributed by atoms with Gasteiger partial charge in [-0.3, -0.25) is 14.4 Å². The lowest BCUT2D eigenvalue weighted by molar-refractivity contribution is -0.167. The number of esters is 3. The van der Waals surface area contributed by atoms with Gasteiger partial charge in [-0.2, -0.15) is 0 Å². The SMILES string of the molecule is CC/C=C\C/C=C\C/C=C\C/C=C\C/C=C\CCCC(=O)OC(COC(=O)CCCC/C=C\C/C=C\C/C=C\C/C=C\CC)COC(=O)CCCCCCCCCCCCCCCCCCCCCC/C=C\C/C=C\C/C=C\C/C=C\CC. The summed E-state index contributed by atoms with van der Waals surface area (Å²) in [6.07, 6.45) is 101. The van der Waals surface area contributed by atoms with Crippen molar-refractivity contribution in [2.24, 2.45) is 0 Å². The summed E-state index contributed by atoms with van der Waals surface area (Å²) in [5.41, 5.74) is 0. The van der Waals surface area contributed by atoms with Crippen molar-refractivity contribution in [3.05, 3.63) is 158 Å². The molecule has 0 aromatic carbocycles. The number of hydrogen-bond donors (Lipinski definition) is 0. The minimum Gasteiger partial charge on any atom is -0.462 e. The van der Waals surface area contributed by atoms with Crippen LogP contribution in [0.15, 0.2) is 158 Å². The van der Waals surface area contributed by atoms with Gasteiger partial charge in [0, 0.05) is 19.3 Å². The Labute approximate surface area is 511 Å². The van der Waals surface area contributed by atoms with E-state index in [1.807, 2.05) is 0 Å². The summed E-state index contributed by atoms with van der Waals surface area (Å²) >= 11 is 0. The minimum absolute atomic E-state index is 0.117. The highest BCUT2D eigenvalue weighted by atomic mass is 16.6. The Morgan fingerprint density at radius 3 is 0.735 bits per heavy atom. The third-order valence-electron chi connectivity index (χ3n) is 14.0. The van der Waals surface area contributed by atoms with Crippen molar-refractivity contribution in [1.29, 1.82) is 0 Å². The lowest BCUT2D eigenvalue weighted by atomic mass is 10.0. The molecule has 0 N–H and O–H groups in total. The van der Waals surface area contributed by atoms with Crippen molar-refractivity contribution in [3.63, 3.8) is 0 Å². The van der Waals surface area contributed by atoms with Gasteiger partial charge < -0.3 is 14.2 Å². The lowest BCUT2D eigenvalue weighted by Crippen LogP contribution is -2.30. The van der Waals surface area contributed by atoms with Gasteiger partial charge in [0.1, 0.15) is 13.2 Å². The zero-order chi connectivity index (χ0) is 59.9. The number of unbranched alkanes of at least 4 members (excludes halogenated alkanes) is 23. The van der Waals surface area contributed by atoms with Gasteiger partial charge in [0.2, 0.25) is 0 Å². The first-order valence-electron chi connectivity index (χ1n) is 34.0. The molecule has 1 atom stereocenters. The number of rotatable bonds is 60. The quantitative estimate of drug-likeness (QED) is 0.0261. The summed E-state index contributed by atoms with van der Waals surface area (Å²) in [5, 5.41) is 0. The van der Waals surface area contributed by atoms with Crippen LogP contribution in [-0.4, -0.2) is 37.2 Å². The van der Waals surface area contributed by atoms with E-state index in [0.717, 1.165) is 122 Å². The molecule has 0 bridgehead atoms. The van der Waals surface area contributed by atoms with Crippen LogP contribution in [0.25, 0.3) is 0 Å². The molecule has 0 aliphatic heterocycles. The van der Waals surface area contributed by atoms with Crippen LogP contribution in [0.1, 0.15) is 290 Å². The molecule has 0 aromatic rings. The molecule has 6 heteroatoms. The molecule has 0 saturated carbocycles. The predicted molar refractivity (Wildman–Crippen MR) is 362 cm³/mol. The Morgan fingerprint density at radius 1 is 0.241 bits per heavy atom. The first kappa shape index (κ1) is 78.0. The van der Waals surface area contributed by atoms with E-state index in [-0.39, 0.29) is 44.0 Å². The van der Waals surface area contributed by atoms with Crippen LogP contribution in [0.4, 0.5) is 0 Å². The first-order chi connectivity index (χ1) is 41.0. The summed E-state index contributed by atoms with van der Waals surface area (Å²) in [7, 11) is 0.